The first-order valence-electron chi connectivity index (χ1n) is 7.61. The zero-order valence-corrected chi connectivity index (χ0v) is 14.6. The Morgan fingerprint density at radius 1 is 0.920 bits per heavy atom. The van der Waals surface area contributed by atoms with E-state index >= 15 is 0 Å². The van der Waals surface area contributed by atoms with Crippen molar-refractivity contribution in [2.24, 2.45) is 0 Å². The molecular weight excluding hydrogens is 380 g/mol. The Morgan fingerprint density at radius 3 is 2.72 bits per heavy atom. The summed E-state index contributed by atoms with van der Waals surface area (Å²) in [6, 6.07) is 17.7. The molecule has 4 aromatic rings. The fraction of sp³-hybridized carbons (Fsp3) is 0. The van der Waals surface area contributed by atoms with Crippen LogP contribution in [0.25, 0.3) is 10.9 Å². The molecule has 7 heteroatoms. The summed E-state index contributed by atoms with van der Waals surface area (Å²) in [4.78, 5) is 8.88. The largest absolute Gasteiger partial charge is 0.339 e. The second-order valence-electron chi connectivity index (χ2n) is 5.31. The van der Waals surface area contributed by atoms with E-state index in [-0.39, 0.29) is 0 Å². The van der Waals surface area contributed by atoms with E-state index in [1.165, 1.54) is 0 Å². The van der Waals surface area contributed by atoms with Crippen LogP contribution in [0.2, 0.25) is 0 Å². The van der Waals surface area contributed by atoms with E-state index in [2.05, 4.69) is 46.7 Å². The van der Waals surface area contributed by atoms with Crippen molar-refractivity contribution >= 4 is 50.0 Å². The summed E-state index contributed by atoms with van der Waals surface area (Å²) in [5.41, 5.74) is 2.60. The van der Waals surface area contributed by atoms with Gasteiger partial charge in [-0.3, -0.25) is 4.98 Å². The Balaban J connectivity index is 1.61. The van der Waals surface area contributed by atoms with Crippen molar-refractivity contribution < 1.29 is 0 Å². The van der Waals surface area contributed by atoms with Gasteiger partial charge in [0.05, 0.1) is 17.4 Å². The predicted molar refractivity (Wildman–Crippen MR) is 102 cm³/mol. The zero-order chi connectivity index (χ0) is 17.1. The van der Waals surface area contributed by atoms with E-state index in [0.29, 0.717) is 11.8 Å². The highest BCUT2D eigenvalue weighted by molar-refractivity contribution is 9.10. The number of halogens is 1. The normalized spacial score (nSPS) is 10.6. The molecular formula is C18H13BrN6. The third-order valence-electron chi connectivity index (χ3n) is 3.54. The molecule has 2 aromatic carbocycles. The SMILES string of the molecule is Brc1cccc(Nc2cnnc(Nc3cccc4cccnc34)n2)c1. The third-order valence-corrected chi connectivity index (χ3v) is 4.03. The van der Waals surface area contributed by atoms with Gasteiger partial charge in [-0.2, -0.15) is 10.1 Å². The molecule has 122 valence electrons. The van der Waals surface area contributed by atoms with Crippen LogP contribution in [0.1, 0.15) is 0 Å². The molecule has 0 spiro atoms. The molecule has 0 aliphatic heterocycles. The summed E-state index contributed by atoms with van der Waals surface area (Å²) in [7, 11) is 0. The third kappa shape index (κ3) is 3.56. The molecule has 0 bridgehead atoms. The topological polar surface area (TPSA) is 75.6 Å². The van der Waals surface area contributed by atoms with Gasteiger partial charge in [0.25, 0.3) is 0 Å². The van der Waals surface area contributed by atoms with E-state index in [1.807, 2.05) is 54.6 Å². The van der Waals surface area contributed by atoms with Crippen LogP contribution in [0, 0.1) is 0 Å². The van der Waals surface area contributed by atoms with Crippen LogP contribution < -0.4 is 10.6 Å². The van der Waals surface area contributed by atoms with E-state index < -0.39 is 0 Å². The van der Waals surface area contributed by atoms with Gasteiger partial charge in [0.1, 0.15) is 0 Å². The molecule has 0 saturated carbocycles. The number of nitrogens with one attached hydrogen (secondary N) is 2. The number of hydrogen-bond acceptors (Lipinski definition) is 6. The number of pyridine rings is 1. The number of nitrogens with zero attached hydrogens (tertiary/aromatic N) is 4. The molecule has 0 radical (unpaired) electrons. The molecule has 0 atom stereocenters. The van der Waals surface area contributed by atoms with E-state index in [4.69, 9.17) is 0 Å². The Kier molecular flexibility index (Phi) is 4.22. The van der Waals surface area contributed by atoms with Crippen molar-refractivity contribution in [1.29, 1.82) is 0 Å². The van der Waals surface area contributed by atoms with E-state index in [1.54, 1.807) is 12.4 Å². The fourth-order valence-electron chi connectivity index (χ4n) is 2.46. The minimum atomic E-state index is 0.401. The number of hydrogen-bond donors (Lipinski definition) is 2. The van der Waals surface area contributed by atoms with Crippen molar-refractivity contribution in [3.8, 4) is 0 Å². The Bertz CT molecular complexity index is 1030. The van der Waals surface area contributed by atoms with E-state index in [9.17, 15) is 0 Å². The molecule has 2 N–H and O–H groups in total. The second kappa shape index (κ2) is 6.82. The molecule has 0 amide bonds. The van der Waals surface area contributed by atoms with Gasteiger partial charge >= 0.3 is 0 Å². The highest BCUT2D eigenvalue weighted by Crippen LogP contribution is 2.24. The first-order valence-corrected chi connectivity index (χ1v) is 8.40. The number of anilines is 4. The van der Waals surface area contributed by atoms with Crippen molar-refractivity contribution in [3.05, 3.63) is 71.5 Å². The Hall–Kier alpha value is -3.06. The van der Waals surface area contributed by atoms with E-state index in [0.717, 1.165) is 26.8 Å². The summed E-state index contributed by atoms with van der Waals surface area (Å²) >= 11 is 3.45. The number of fused-ring (bicyclic) bond motifs is 1. The standard InChI is InChI=1S/C18H13BrN6/c19-13-6-2-7-14(10-13)22-16-11-21-25-18(24-16)23-15-8-1-4-12-5-3-9-20-17(12)15/h1-11H,(H2,22,23,24,25). The summed E-state index contributed by atoms with van der Waals surface area (Å²) in [6.07, 6.45) is 3.34. The molecule has 0 aliphatic carbocycles. The number of benzene rings is 2. The maximum Gasteiger partial charge on any atom is 0.249 e. The molecule has 2 aromatic heterocycles. The van der Waals surface area contributed by atoms with Crippen molar-refractivity contribution in [2.45, 2.75) is 0 Å². The van der Waals surface area contributed by atoms with Crippen LogP contribution in [0.4, 0.5) is 23.1 Å². The highest BCUT2D eigenvalue weighted by atomic mass is 79.9. The van der Waals surface area contributed by atoms with Crippen molar-refractivity contribution in [3.63, 3.8) is 0 Å². The van der Waals surface area contributed by atoms with Crippen LogP contribution >= 0.6 is 15.9 Å². The molecule has 0 saturated heterocycles. The van der Waals surface area contributed by atoms with Crippen molar-refractivity contribution in [1.82, 2.24) is 20.2 Å². The molecule has 6 nitrogen and oxygen atoms in total. The zero-order valence-electron chi connectivity index (χ0n) is 13.0. The Labute approximate surface area is 152 Å². The average molecular weight is 393 g/mol. The summed E-state index contributed by atoms with van der Waals surface area (Å²) in [6.45, 7) is 0. The maximum atomic E-state index is 4.46. The van der Waals surface area contributed by atoms with Crippen LogP contribution in [0.3, 0.4) is 0 Å². The summed E-state index contributed by atoms with van der Waals surface area (Å²) in [5.74, 6) is 1.00. The Morgan fingerprint density at radius 2 is 1.80 bits per heavy atom. The van der Waals surface area contributed by atoms with Gasteiger partial charge in [0.15, 0.2) is 5.82 Å². The fourth-order valence-corrected chi connectivity index (χ4v) is 2.86. The molecule has 4 rings (SSSR count). The summed E-state index contributed by atoms with van der Waals surface area (Å²) in [5, 5.41) is 15.5. The molecule has 0 fully saturated rings. The van der Waals surface area contributed by atoms with Crippen LogP contribution in [-0.4, -0.2) is 20.2 Å². The van der Waals surface area contributed by atoms with Crippen LogP contribution in [-0.2, 0) is 0 Å². The summed E-state index contributed by atoms with van der Waals surface area (Å²) < 4.78 is 0.986. The second-order valence-corrected chi connectivity index (χ2v) is 6.22. The lowest BCUT2D eigenvalue weighted by Gasteiger charge is -2.09. The minimum absolute atomic E-state index is 0.401. The van der Waals surface area contributed by atoms with Gasteiger partial charge in [-0.15, -0.1) is 5.10 Å². The minimum Gasteiger partial charge on any atom is -0.339 e. The van der Waals surface area contributed by atoms with Gasteiger partial charge in [0, 0.05) is 21.7 Å². The van der Waals surface area contributed by atoms with Gasteiger partial charge in [-0.05, 0) is 30.3 Å². The van der Waals surface area contributed by atoms with Crippen molar-refractivity contribution in [2.75, 3.05) is 10.6 Å². The van der Waals surface area contributed by atoms with Crippen LogP contribution in [0.5, 0.6) is 0 Å². The van der Waals surface area contributed by atoms with Gasteiger partial charge in [-0.1, -0.05) is 40.2 Å². The smallest absolute Gasteiger partial charge is 0.249 e. The molecule has 0 unspecified atom stereocenters. The lowest BCUT2D eigenvalue weighted by molar-refractivity contribution is 0.983. The molecule has 0 aliphatic rings. The first kappa shape index (κ1) is 15.5. The quantitative estimate of drug-likeness (QED) is 0.525. The maximum absolute atomic E-state index is 4.46. The highest BCUT2D eigenvalue weighted by Gasteiger charge is 2.06. The number of aromatic nitrogens is 4. The average Bonchev–Trinajstić information content (AvgIpc) is 2.62. The van der Waals surface area contributed by atoms with Gasteiger partial charge in [-0.25, -0.2) is 0 Å². The number of para-hydroxylation sites is 1. The van der Waals surface area contributed by atoms with Gasteiger partial charge < -0.3 is 10.6 Å². The number of rotatable bonds is 4. The van der Waals surface area contributed by atoms with Gasteiger partial charge in [0.2, 0.25) is 5.95 Å². The lowest BCUT2D eigenvalue weighted by atomic mass is 10.2. The van der Waals surface area contributed by atoms with Crippen LogP contribution in [0.15, 0.2) is 71.5 Å². The molecule has 2 heterocycles. The molecule has 25 heavy (non-hydrogen) atoms. The first-order chi connectivity index (χ1) is 12.3. The predicted octanol–water partition coefficient (Wildman–Crippen LogP) is 4.67. The monoisotopic (exact) mass is 392 g/mol. The lowest BCUT2D eigenvalue weighted by Crippen LogP contribution is -2.03.